The van der Waals surface area contributed by atoms with Gasteiger partial charge in [-0.1, -0.05) is 13.8 Å². The summed E-state index contributed by atoms with van der Waals surface area (Å²) in [5, 5.41) is 10.4. The predicted molar refractivity (Wildman–Crippen MR) is 109 cm³/mol. The van der Waals surface area contributed by atoms with Gasteiger partial charge in [0.15, 0.2) is 17.3 Å². The lowest BCUT2D eigenvalue weighted by Gasteiger charge is -2.22. The molecule has 0 unspecified atom stereocenters. The average Bonchev–Trinajstić information content (AvgIpc) is 2.67. The molecule has 0 atom stereocenters. The molecule has 154 valence electrons. The van der Waals surface area contributed by atoms with Gasteiger partial charge < -0.3 is 19.3 Å². The van der Waals surface area contributed by atoms with Crippen LogP contribution in [0.1, 0.15) is 46.5 Å². The number of phenols is 1. The number of methoxy groups -OCH3 is 1. The van der Waals surface area contributed by atoms with Gasteiger partial charge in [0.1, 0.15) is 29.5 Å². The van der Waals surface area contributed by atoms with Gasteiger partial charge in [-0.15, -0.1) is 0 Å². The number of carbonyl (C=O) groups excluding carboxylic acids is 2. The highest BCUT2D eigenvalue weighted by Gasteiger charge is 2.32. The molecule has 0 spiro atoms. The Morgan fingerprint density at radius 3 is 2.62 bits per heavy atom. The summed E-state index contributed by atoms with van der Waals surface area (Å²) in [4.78, 5) is 25.3. The highest BCUT2D eigenvalue weighted by molar-refractivity contribution is 9.13. The van der Waals surface area contributed by atoms with Crippen LogP contribution in [0.25, 0.3) is 0 Å². The minimum Gasteiger partial charge on any atom is -0.503 e. The van der Waals surface area contributed by atoms with E-state index in [0.717, 1.165) is 0 Å². The first-order valence-corrected chi connectivity index (χ1v) is 10.2. The Kier molecular flexibility index (Phi) is 6.19. The van der Waals surface area contributed by atoms with Crippen LogP contribution in [-0.4, -0.2) is 24.0 Å². The third kappa shape index (κ3) is 3.85. The first-order valence-electron chi connectivity index (χ1n) is 8.64. The van der Waals surface area contributed by atoms with Crippen molar-refractivity contribution < 1.29 is 33.3 Å². The lowest BCUT2D eigenvalue weighted by Crippen LogP contribution is -2.16. The maximum atomic E-state index is 14.6. The highest BCUT2D eigenvalue weighted by atomic mass is 79.9. The number of rotatable bonds is 4. The summed E-state index contributed by atoms with van der Waals surface area (Å²) in [6.45, 7) is 3.32. The second-order valence-electron chi connectivity index (χ2n) is 6.82. The number of cyclic esters (lactones) is 1. The van der Waals surface area contributed by atoms with E-state index in [9.17, 15) is 19.1 Å². The molecule has 2 aromatic rings. The van der Waals surface area contributed by atoms with Crippen molar-refractivity contribution in [3.05, 3.63) is 43.6 Å². The molecule has 0 saturated heterocycles. The Morgan fingerprint density at radius 1 is 1.31 bits per heavy atom. The van der Waals surface area contributed by atoms with E-state index in [4.69, 9.17) is 14.2 Å². The van der Waals surface area contributed by atoms with Crippen molar-refractivity contribution in [2.45, 2.75) is 26.9 Å². The smallest absolute Gasteiger partial charge is 0.346 e. The molecule has 0 aromatic heterocycles. The number of hydrogen-bond acceptors (Lipinski definition) is 6. The molecule has 1 aliphatic heterocycles. The van der Waals surface area contributed by atoms with Gasteiger partial charge in [0.2, 0.25) is 0 Å². The zero-order chi connectivity index (χ0) is 21.5. The highest BCUT2D eigenvalue weighted by Crippen LogP contribution is 2.48. The van der Waals surface area contributed by atoms with Crippen molar-refractivity contribution in [1.29, 1.82) is 0 Å². The maximum Gasteiger partial charge on any atom is 0.346 e. The van der Waals surface area contributed by atoms with Crippen molar-refractivity contribution in [2.24, 2.45) is 5.92 Å². The van der Waals surface area contributed by atoms with E-state index in [2.05, 4.69) is 31.9 Å². The normalized spacial score (nSPS) is 13.0. The summed E-state index contributed by atoms with van der Waals surface area (Å²) < 4.78 is 31.0. The molecule has 0 aliphatic carbocycles. The molecule has 0 bridgehead atoms. The number of esters is 1. The molecule has 0 amide bonds. The molecule has 3 rings (SSSR count). The van der Waals surface area contributed by atoms with Gasteiger partial charge in [0.05, 0.1) is 27.2 Å². The van der Waals surface area contributed by atoms with Gasteiger partial charge in [-0.25, -0.2) is 9.18 Å². The van der Waals surface area contributed by atoms with Crippen molar-refractivity contribution in [3.8, 4) is 23.0 Å². The molecule has 9 heteroatoms. The van der Waals surface area contributed by atoms with Crippen LogP contribution in [0, 0.1) is 11.7 Å². The third-order valence-electron chi connectivity index (χ3n) is 4.33. The van der Waals surface area contributed by atoms with E-state index in [0.29, 0.717) is 0 Å². The van der Waals surface area contributed by atoms with Crippen LogP contribution in [0.5, 0.6) is 23.0 Å². The zero-order valence-electron chi connectivity index (χ0n) is 15.8. The van der Waals surface area contributed by atoms with Crippen LogP contribution in [0.3, 0.4) is 0 Å². The molecule has 1 N–H and O–H groups in total. The molecular formula is C20H17Br2FO6. The zero-order valence-corrected chi connectivity index (χ0v) is 18.9. The molecule has 0 saturated carbocycles. The Hall–Kier alpha value is -2.13. The fourth-order valence-electron chi connectivity index (χ4n) is 2.99. The monoisotopic (exact) mass is 530 g/mol. The number of hydrogen-bond donors (Lipinski definition) is 1. The van der Waals surface area contributed by atoms with Gasteiger partial charge in [-0.3, -0.25) is 4.79 Å². The number of ether oxygens (including phenoxy) is 3. The fraction of sp³-hybridized carbons (Fsp3) is 0.300. The van der Waals surface area contributed by atoms with Gasteiger partial charge in [-0.05, 0) is 49.9 Å². The molecule has 6 nitrogen and oxygen atoms in total. The maximum absolute atomic E-state index is 14.6. The van der Waals surface area contributed by atoms with Gasteiger partial charge in [0, 0.05) is 6.42 Å². The minimum atomic E-state index is -0.834. The number of Topliss-reactive ketones (excluding diaryl/α,β-unsaturated/α-hetero) is 1. The molecule has 2 aromatic carbocycles. The first kappa shape index (κ1) is 21.6. The van der Waals surface area contributed by atoms with Crippen molar-refractivity contribution >= 4 is 43.6 Å². The lowest BCUT2D eigenvalue weighted by molar-refractivity contribution is 0.0450. The predicted octanol–water partition coefficient (Wildman–Crippen LogP) is 5.76. The van der Waals surface area contributed by atoms with E-state index >= 15 is 0 Å². The van der Waals surface area contributed by atoms with E-state index in [1.165, 1.54) is 19.2 Å². The second kappa shape index (κ2) is 8.31. The van der Waals surface area contributed by atoms with Gasteiger partial charge in [-0.2, -0.15) is 0 Å². The molecule has 29 heavy (non-hydrogen) atoms. The van der Waals surface area contributed by atoms with Crippen LogP contribution in [0.15, 0.2) is 21.1 Å². The molecule has 0 fully saturated rings. The van der Waals surface area contributed by atoms with Crippen LogP contribution in [0.4, 0.5) is 4.39 Å². The van der Waals surface area contributed by atoms with Crippen LogP contribution in [0.2, 0.25) is 0 Å². The van der Waals surface area contributed by atoms with Crippen LogP contribution < -0.4 is 9.47 Å². The van der Waals surface area contributed by atoms with Crippen LogP contribution in [-0.2, 0) is 11.3 Å². The minimum absolute atomic E-state index is 0.0118. The lowest BCUT2D eigenvalue weighted by atomic mass is 9.97. The Balaban J connectivity index is 2.21. The second-order valence-corrected chi connectivity index (χ2v) is 8.40. The van der Waals surface area contributed by atoms with Crippen molar-refractivity contribution in [2.75, 3.05) is 7.11 Å². The largest absolute Gasteiger partial charge is 0.503 e. The van der Waals surface area contributed by atoms with Crippen molar-refractivity contribution in [1.82, 2.24) is 0 Å². The van der Waals surface area contributed by atoms with Crippen LogP contribution >= 0.6 is 31.9 Å². The summed E-state index contributed by atoms with van der Waals surface area (Å²) >= 11 is 6.13. The third-order valence-corrected chi connectivity index (χ3v) is 6.38. The van der Waals surface area contributed by atoms with E-state index in [1.807, 2.05) is 13.8 Å². The fourth-order valence-corrected chi connectivity index (χ4v) is 3.77. The number of carbonyl (C=O) groups is 2. The summed E-state index contributed by atoms with van der Waals surface area (Å²) in [7, 11) is 1.33. The van der Waals surface area contributed by atoms with E-state index in [1.54, 1.807) is 0 Å². The van der Waals surface area contributed by atoms with E-state index < -0.39 is 18.4 Å². The Morgan fingerprint density at radius 2 is 2.00 bits per heavy atom. The Bertz CT molecular complexity index is 1020. The number of ketones is 1. The molecule has 1 aliphatic rings. The molecular weight excluding hydrogens is 515 g/mol. The number of aromatic hydroxyl groups is 1. The number of phenolic OH excluding ortho intramolecular Hbond substituents is 1. The standard InChI is InChI=1S/C20H17Br2FO6/c1-8(2)6-11(24)9-4-5-12-13(18(9)27-3)20(26)28-7-10-16(23)14(21)15(22)17(25)19(10)29-12/h4-5,8,25H,6-7H2,1-3H3. The molecule has 0 radical (unpaired) electrons. The number of fused-ring (bicyclic) bond motifs is 2. The number of halogens is 3. The summed E-state index contributed by atoms with van der Waals surface area (Å²) in [6, 6.07) is 2.87. The van der Waals surface area contributed by atoms with Crippen molar-refractivity contribution in [3.63, 3.8) is 0 Å². The summed E-state index contributed by atoms with van der Waals surface area (Å²) in [6.07, 6.45) is 0.265. The SMILES string of the molecule is COc1c(C(=O)CC(C)C)ccc2c1C(=O)OCc1c(F)c(Br)c(Br)c(O)c1O2. The van der Waals surface area contributed by atoms with E-state index in [-0.39, 0.29) is 66.8 Å². The summed E-state index contributed by atoms with van der Waals surface area (Å²) in [5.74, 6) is -2.24. The quantitative estimate of drug-likeness (QED) is 0.307. The number of benzene rings is 2. The summed E-state index contributed by atoms with van der Waals surface area (Å²) in [5.41, 5.74) is -0.0178. The van der Waals surface area contributed by atoms with Gasteiger partial charge >= 0.3 is 5.97 Å². The van der Waals surface area contributed by atoms with Gasteiger partial charge in [0.25, 0.3) is 0 Å². The first-order chi connectivity index (χ1) is 13.7. The Labute approximate surface area is 183 Å². The molecule has 1 heterocycles. The average molecular weight is 532 g/mol. The topological polar surface area (TPSA) is 82.1 Å².